The molecule has 0 aliphatic carbocycles. The zero-order chi connectivity index (χ0) is 12.7. The summed E-state index contributed by atoms with van der Waals surface area (Å²) < 4.78 is 0. The molecule has 1 aliphatic rings. The second-order valence-electron chi connectivity index (χ2n) is 4.69. The zero-order valence-corrected chi connectivity index (χ0v) is 10.6. The summed E-state index contributed by atoms with van der Waals surface area (Å²) in [5.41, 5.74) is 5.82. The molecule has 1 saturated heterocycles. The molecule has 1 amide bonds. The van der Waals surface area contributed by atoms with Crippen LogP contribution in [-0.2, 0) is 4.79 Å². The van der Waals surface area contributed by atoms with Gasteiger partial charge in [0.2, 0.25) is 5.91 Å². The van der Waals surface area contributed by atoms with Crippen molar-refractivity contribution in [3.63, 3.8) is 0 Å². The van der Waals surface area contributed by atoms with E-state index >= 15 is 0 Å². The summed E-state index contributed by atoms with van der Waals surface area (Å²) in [6, 6.07) is 0.415. The maximum absolute atomic E-state index is 11.8. The molecule has 0 spiro atoms. The first-order valence-electron chi connectivity index (χ1n) is 6.36. The third kappa shape index (κ3) is 5.20. The quantitative estimate of drug-likeness (QED) is 0.677. The average molecular weight is 237 g/mol. The van der Waals surface area contributed by atoms with Crippen LogP contribution in [-0.4, -0.2) is 42.5 Å². The summed E-state index contributed by atoms with van der Waals surface area (Å²) in [5.74, 6) is 2.66. The van der Waals surface area contributed by atoms with Gasteiger partial charge in [-0.2, -0.15) is 0 Å². The van der Waals surface area contributed by atoms with Crippen molar-refractivity contribution in [3.8, 4) is 12.3 Å². The molecule has 96 valence electrons. The van der Waals surface area contributed by atoms with Crippen LogP contribution in [0.1, 0.15) is 32.6 Å². The maximum atomic E-state index is 11.8. The Balaban J connectivity index is 2.27. The number of rotatable bonds is 5. The topological polar surface area (TPSA) is 58.4 Å². The molecule has 0 bridgehead atoms. The SMILES string of the molecule is C#CCC(CC)NC(=O)CN1CCC(N)CC1. The fourth-order valence-electron chi connectivity index (χ4n) is 2.03. The van der Waals surface area contributed by atoms with Gasteiger partial charge in [0, 0.05) is 31.6 Å². The minimum atomic E-state index is 0.0718. The molecule has 3 N–H and O–H groups in total. The van der Waals surface area contributed by atoms with E-state index in [0.29, 0.717) is 19.0 Å². The van der Waals surface area contributed by atoms with E-state index in [2.05, 4.69) is 16.1 Å². The number of nitrogens with zero attached hydrogens (tertiary/aromatic N) is 1. The summed E-state index contributed by atoms with van der Waals surface area (Å²) in [6.07, 6.45) is 8.70. The Morgan fingerprint density at radius 3 is 2.76 bits per heavy atom. The molecule has 0 radical (unpaired) electrons. The van der Waals surface area contributed by atoms with Crippen molar-refractivity contribution in [2.45, 2.75) is 44.7 Å². The second kappa shape index (κ2) is 7.31. The van der Waals surface area contributed by atoms with Crippen molar-refractivity contribution in [2.24, 2.45) is 5.73 Å². The summed E-state index contributed by atoms with van der Waals surface area (Å²) in [4.78, 5) is 13.9. The Kier molecular flexibility index (Phi) is 6.03. The number of carbonyl (C=O) groups is 1. The molecule has 0 aromatic rings. The second-order valence-corrected chi connectivity index (χ2v) is 4.69. The van der Waals surface area contributed by atoms with Gasteiger partial charge in [0.25, 0.3) is 0 Å². The van der Waals surface area contributed by atoms with Gasteiger partial charge in [0.05, 0.1) is 6.54 Å². The van der Waals surface area contributed by atoms with Gasteiger partial charge in [0.1, 0.15) is 0 Å². The first kappa shape index (κ1) is 14.0. The van der Waals surface area contributed by atoms with Gasteiger partial charge in [-0.15, -0.1) is 12.3 Å². The molecule has 1 unspecified atom stereocenters. The minimum Gasteiger partial charge on any atom is -0.351 e. The highest BCUT2D eigenvalue weighted by Crippen LogP contribution is 2.07. The molecule has 0 saturated carbocycles. The molecule has 0 aromatic heterocycles. The van der Waals surface area contributed by atoms with Crippen LogP contribution in [0.5, 0.6) is 0 Å². The highest BCUT2D eigenvalue weighted by molar-refractivity contribution is 5.78. The van der Waals surface area contributed by atoms with E-state index < -0.39 is 0 Å². The van der Waals surface area contributed by atoms with Crippen molar-refractivity contribution < 1.29 is 4.79 Å². The smallest absolute Gasteiger partial charge is 0.234 e. The lowest BCUT2D eigenvalue weighted by molar-refractivity contribution is -0.123. The average Bonchev–Trinajstić information content (AvgIpc) is 2.31. The fraction of sp³-hybridized carbons (Fsp3) is 0.769. The largest absolute Gasteiger partial charge is 0.351 e. The highest BCUT2D eigenvalue weighted by Gasteiger charge is 2.19. The van der Waals surface area contributed by atoms with E-state index in [4.69, 9.17) is 12.2 Å². The van der Waals surface area contributed by atoms with Crippen LogP contribution in [0, 0.1) is 12.3 Å². The lowest BCUT2D eigenvalue weighted by Crippen LogP contribution is -2.46. The van der Waals surface area contributed by atoms with Crippen molar-refractivity contribution in [1.82, 2.24) is 10.2 Å². The number of hydrogen-bond acceptors (Lipinski definition) is 3. The molecular formula is C13H23N3O. The van der Waals surface area contributed by atoms with Crippen LogP contribution in [0.4, 0.5) is 0 Å². The van der Waals surface area contributed by atoms with Crippen LogP contribution in [0.2, 0.25) is 0 Å². The van der Waals surface area contributed by atoms with Gasteiger partial charge in [-0.05, 0) is 19.3 Å². The van der Waals surface area contributed by atoms with E-state index in [1.165, 1.54) is 0 Å². The van der Waals surface area contributed by atoms with Crippen molar-refractivity contribution in [1.29, 1.82) is 0 Å². The normalized spacial score (nSPS) is 19.6. The third-order valence-electron chi connectivity index (χ3n) is 3.22. The van der Waals surface area contributed by atoms with Crippen LogP contribution >= 0.6 is 0 Å². The van der Waals surface area contributed by atoms with Gasteiger partial charge >= 0.3 is 0 Å². The van der Waals surface area contributed by atoms with Crippen molar-refractivity contribution in [2.75, 3.05) is 19.6 Å². The Labute approximate surface area is 104 Å². The molecule has 1 aliphatic heterocycles. The van der Waals surface area contributed by atoms with Gasteiger partial charge < -0.3 is 11.1 Å². The van der Waals surface area contributed by atoms with E-state index in [0.717, 1.165) is 32.4 Å². The Morgan fingerprint density at radius 1 is 1.59 bits per heavy atom. The summed E-state index contributed by atoms with van der Waals surface area (Å²) in [6.45, 7) is 4.33. The highest BCUT2D eigenvalue weighted by atomic mass is 16.2. The predicted octanol–water partition coefficient (Wildman–Crippen LogP) is 0.328. The van der Waals surface area contributed by atoms with Crippen LogP contribution < -0.4 is 11.1 Å². The van der Waals surface area contributed by atoms with Gasteiger partial charge in [0.15, 0.2) is 0 Å². The van der Waals surface area contributed by atoms with Gasteiger partial charge in [-0.25, -0.2) is 0 Å². The Morgan fingerprint density at radius 2 is 2.24 bits per heavy atom. The lowest BCUT2D eigenvalue weighted by Gasteiger charge is -2.29. The molecule has 17 heavy (non-hydrogen) atoms. The van der Waals surface area contributed by atoms with Gasteiger partial charge in [-0.3, -0.25) is 9.69 Å². The Bertz CT molecular complexity index is 277. The number of hydrogen-bond donors (Lipinski definition) is 2. The van der Waals surface area contributed by atoms with E-state index in [9.17, 15) is 4.79 Å². The molecular weight excluding hydrogens is 214 g/mol. The summed E-state index contributed by atoms with van der Waals surface area (Å²) in [5, 5.41) is 2.97. The molecule has 0 aromatic carbocycles. The Hall–Kier alpha value is -1.05. The minimum absolute atomic E-state index is 0.0718. The number of likely N-dealkylation sites (tertiary alicyclic amines) is 1. The lowest BCUT2D eigenvalue weighted by atomic mass is 10.1. The van der Waals surface area contributed by atoms with Crippen LogP contribution in [0.25, 0.3) is 0 Å². The zero-order valence-electron chi connectivity index (χ0n) is 10.6. The standard InChI is InChI=1S/C13H23N3O/c1-3-5-12(4-2)15-13(17)10-16-8-6-11(14)7-9-16/h1,11-12H,4-10,14H2,2H3,(H,15,17). The summed E-state index contributed by atoms with van der Waals surface area (Å²) >= 11 is 0. The summed E-state index contributed by atoms with van der Waals surface area (Å²) in [7, 11) is 0. The molecule has 1 heterocycles. The number of amides is 1. The molecule has 4 nitrogen and oxygen atoms in total. The van der Waals surface area contributed by atoms with Crippen LogP contribution in [0.3, 0.4) is 0 Å². The van der Waals surface area contributed by atoms with Crippen molar-refractivity contribution >= 4 is 5.91 Å². The first-order valence-corrected chi connectivity index (χ1v) is 6.36. The number of nitrogens with one attached hydrogen (secondary N) is 1. The first-order chi connectivity index (χ1) is 8.15. The number of terminal acetylenes is 1. The predicted molar refractivity (Wildman–Crippen MR) is 69.3 cm³/mol. The number of piperidine rings is 1. The van der Waals surface area contributed by atoms with E-state index in [-0.39, 0.29) is 11.9 Å². The van der Waals surface area contributed by atoms with Gasteiger partial charge in [-0.1, -0.05) is 6.92 Å². The number of carbonyl (C=O) groups excluding carboxylic acids is 1. The van der Waals surface area contributed by atoms with Crippen LogP contribution in [0.15, 0.2) is 0 Å². The molecule has 1 atom stereocenters. The molecule has 1 rings (SSSR count). The number of nitrogens with two attached hydrogens (primary N) is 1. The molecule has 4 heteroatoms. The van der Waals surface area contributed by atoms with E-state index in [1.54, 1.807) is 0 Å². The fourth-order valence-corrected chi connectivity index (χ4v) is 2.03. The third-order valence-corrected chi connectivity index (χ3v) is 3.22. The maximum Gasteiger partial charge on any atom is 0.234 e. The van der Waals surface area contributed by atoms with Crippen molar-refractivity contribution in [3.05, 3.63) is 0 Å². The van der Waals surface area contributed by atoms with E-state index in [1.807, 2.05) is 6.92 Å². The monoisotopic (exact) mass is 237 g/mol. The molecule has 1 fully saturated rings.